The first kappa shape index (κ1) is 15.0. The van der Waals surface area contributed by atoms with Crippen LogP contribution in [-0.2, 0) is 0 Å². The largest absolute Gasteiger partial charge is 0.370 e. The summed E-state index contributed by atoms with van der Waals surface area (Å²) >= 11 is 0. The lowest BCUT2D eigenvalue weighted by atomic mass is 10.1. The average molecular weight is 260 g/mol. The van der Waals surface area contributed by atoms with Gasteiger partial charge in [0.25, 0.3) is 5.91 Å². The predicted molar refractivity (Wildman–Crippen MR) is 74.8 cm³/mol. The van der Waals surface area contributed by atoms with E-state index < -0.39 is 0 Å². The molecule has 0 fully saturated rings. The molecular weight excluding hydrogens is 240 g/mol. The third kappa shape index (κ3) is 4.25. The molecule has 1 N–H and O–H groups in total. The average Bonchev–Trinajstić information content (AvgIpc) is 2.44. The Balaban J connectivity index is 2.79. The van der Waals surface area contributed by atoms with Crippen LogP contribution in [0, 0.1) is 11.3 Å². The monoisotopic (exact) mass is 260 g/mol. The first-order valence-electron chi connectivity index (χ1n) is 6.44. The Morgan fingerprint density at radius 1 is 1.63 bits per heavy atom. The van der Waals surface area contributed by atoms with E-state index in [1.54, 1.807) is 30.3 Å². The Labute approximate surface area is 114 Å². The Kier molecular flexibility index (Phi) is 5.80. The molecule has 1 aromatic rings. The van der Waals surface area contributed by atoms with Crippen molar-refractivity contribution < 1.29 is 4.79 Å². The molecule has 0 aliphatic rings. The molecule has 1 rings (SSSR count). The zero-order valence-corrected chi connectivity index (χ0v) is 11.7. The minimum absolute atomic E-state index is 0.0929. The summed E-state index contributed by atoms with van der Waals surface area (Å²) in [5.41, 5.74) is 0.584. The molecule has 0 radical (unpaired) electrons. The Morgan fingerprint density at radius 3 is 3.00 bits per heavy atom. The van der Waals surface area contributed by atoms with Crippen molar-refractivity contribution in [3.63, 3.8) is 0 Å². The maximum absolute atomic E-state index is 12.2. The van der Waals surface area contributed by atoms with Gasteiger partial charge in [-0.3, -0.25) is 4.79 Å². The summed E-state index contributed by atoms with van der Waals surface area (Å²) in [6.07, 6.45) is 2.95. The van der Waals surface area contributed by atoms with Crippen molar-refractivity contribution in [3.05, 3.63) is 23.9 Å². The number of hydrogen-bond acceptors (Lipinski definition) is 4. The van der Waals surface area contributed by atoms with Crippen molar-refractivity contribution in [3.8, 4) is 6.07 Å². The van der Waals surface area contributed by atoms with Gasteiger partial charge in [-0.2, -0.15) is 5.26 Å². The van der Waals surface area contributed by atoms with Gasteiger partial charge < -0.3 is 10.2 Å². The third-order valence-corrected chi connectivity index (χ3v) is 2.93. The zero-order valence-electron chi connectivity index (χ0n) is 11.7. The van der Waals surface area contributed by atoms with Crippen molar-refractivity contribution in [1.82, 2.24) is 9.88 Å². The van der Waals surface area contributed by atoms with Crippen LogP contribution in [0.5, 0.6) is 0 Å². The van der Waals surface area contributed by atoms with Gasteiger partial charge in [0.2, 0.25) is 0 Å². The van der Waals surface area contributed by atoms with Crippen LogP contribution in [0.2, 0.25) is 0 Å². The molecule has 1 unspecified atom stereocenters. The van der Waals surface area contributed by atoms with Gasteiger partial charge in [-0.25, -0.2) is 4.98 Å². The van der Waals surface area contributed by atoms with Gasteiger partial charge in [0.15, 0.2) is 0 Å². The van der Waals surface area contributed by atoms with Crippen molar-refractivity contribution in [1.29, 1.82) is 5.26 Å². The predicted octanol–water partition coefficient (Wildman–Crippen LogP) is 2.28. The number of nitrogens with zero attached hydrogens (tertiary/aromatic N) is 3. The molecule has 5 heteroatoms. The zero-order chi connectivity index (χ0) is 14.3. The van der Waals surface area contributed by atoms with E-state index >= 15 is 0 Å². The smallest absolute Gasteiger partial charge is 0.254 e. The fourth-order valence-electron chi connectivity index (χ4n) is 1.59. The van der Waals surface area contributed by atoms with E-state index in [1.165, 1.54) is 0 Å². The molecule has 0 saturated heterocycles. The topological polar surface area (TPSA) is 69.0 Å². The molecule has 0 aliphatic carbocycles. The normalized spacial score (nSPS) is 11.5. The number of pyridine rings is 1. The van der Waals surface area contributed by atoms with Gasteiger partial charge >= 0.3 is 0 Å². The van der Waals surface area contributed by atoms with Crippen LogP contribution in [0.15, 0.2) is 18.3 Å². The minimum atomic E-state index is -0.0993. The molecule has 0 aliphatic heterocycles. The molecule has 0 bridgehead atoms. The van der Waals surface area contributed by atoms with E-state index in [0.29, 0.717) is 17.8 Å². The molecule has 102 valence electrons. The second kappa shape index (κ2) is 7.37. The maximum Gasteiger partial charge on any atom is 0.254 e. The first-order chi connectivity index (χ1) is 9.10. The summed E-state index contributed by atoms with van der Waals surface area (Å²) in [6, 6.07) is 5.41. The summed E-state index contributed by atoms with van der Waals surface area (Å²) in [4.78, 5) is 18.0. The van der Waals surface area contributed by atoms with Crippen LogP contribution in [0.1, 0.15) is 37.0 Å². The van der Waals surface area contributed by atoms with Crippen molar-refractivity contribution in [2.45, 2.75) is 32.7 Å². The summed E-state index contributed by atoms with van der Waals surface area (Å²) in [7, 11) is 1.71. The fourth-order valence-corrected chi connectivity index (χ4v) is 1.59. The van der Waals surface area contributed by atoms with E-state index in [2.05, 4.69) is 23.3 Å². The van der Waals surface area contributed by atoms with E-state index in [-0.39, 0.29) is 11.9 Å². The second-order valence-corrected chi connectivity index (χ2v) is 4.48. The van der Waals surface area contributed by atoms with E-state index in [0.717, 1.165) is 13.0 Å². The highest BCUT2D eigenvalue weighted by Crippen LogP contribution is 2.11. The van der Waals surface area contributed by atoms with Crippen LogP contribution in [0.25, 0.3) is 0 Å². The number of amides is 1. The number of carbonyl (C=O) groups excluding carboxylic acids is 1. The SMILES string of the molecule is CCCNc1cc(C(=O)N(C)C(C)CC#N)ccn1. The maximum atomic E-state index is 12.2. The summed E-state index contributed by atoms with van der Waals surface area (Å²) < 4.78 is 0. The van der Waals surface area contributed by atoms with Gasteiger partial charge in [0, 0.05) is 31.4 Å². The number of nitriles is 1. The second-order valence-electron chi connectivity index (χ2n) is 4.48. The number of rotatable bonds is 6. The molecule has 0 spiro atoms. The van der Waals surface area contributed by atoms with Gasteiger partial charge in [0.05, 0.1) is 12.5 Å². The lowest BCUT2D eigenvalue weighted by molar-refractivity contribution is 0.0746. The van der Waals surface area contributed by atoms with Gasteiger partial charge in [-0.05, 0) is 25.5 Å². The highest BCUT2D eigenvalue weighted by atomic mass is 16.2. The molecule has 0 saturated carbocycles. The standard InChI is InChI=1S/C14H20N4O/c1-4-8-16-13-10-12(6-9-17-13)14(19)18(3)11(2)5-7-15/h6,9-11H,4-5,8H2,1-3H3,(H,16,17). The van der Waals surface area contributed by atoms with Gasteiger partial charge in [-0.1, -0.05) is 6.92 Å². The Bertz CT molecular complexity index is 467. The lowest BCUT2D eigenvalue weighted by Crippen LogP contribution is -2.34. The van der Waals surface area contributed by atoms with Crippen molar-refractivity contribution in [2.24, 2.45) is 0 Å². The Hall–Kier alpha value is -2.09. The molecule has 1 aromatic heterocycles. The summed E-state index contributed by atoms with van der Waals surface area (Å²) in [6.45, 7) is 4.75. The minimum Gasteiger partial charge on any atom is -0.370 e. The quantitative estimate of drug-likeness (QED) is 0.852. The number of carbonyl (C=O) groups is 1. The highest BCUT2D eigenvalue weighted by Gasteiger charge is 2.17. The highest BCUT2D eigenvalue weighted by molar-refractivity contribution is 5.94. The van der Waals surface area contributed by atoms with Gasteiger partial charge in [-0.15, -0.1) is 0 Å². The van der Waals surface area contributed by atoms with Crippen LogP contribution >= 0.6 is 0 Å². The molecule has 1 atom stereocenters. The number of hydrogen-bond donors (Lipinski definition) is 1. The lowest BCUT2D eigenvalue weighted by Gasteiger charge is -2.23. The Morgan fingerprint density at radius 2 is 2.37 bits per heavy atom. The van der Waals surface area contributed by atoms with E-state index in [1.807, 2.05) is 6.92 Å². The van der Waals surface area contributed by atoms with Crippen LogP contribution in [-0.4, -0.2) is 35.4 Å². The van der Waals surface area contributed by atoms with Crippen molar-refractivity contribution in [2.75, 3.05) is 18.9 Å². The van der Waals surface area contributed by atoms with Crippen LogP contribution in [0.4, 0.5) is 5.82 Å². The summed E-state index contributed by atoms with van der Waals surface area (Å²) in [5.74, 6) is 0.610. The first-order valence-corrected chi connectivity index (χ1v) is 6.44. The van der Waals surface area contributed by atoms with Crippen LogP contribution in [0.3, 0.4) is 0 Å². The molecule has 19 heavy (non-hydrogen) atoms. The molecule has 5 nitrogen and oxygen atoms in total. The number of aromatic nitrogens is 1. The number of nitrogens with one attached hydrogen (secondary N) is 1. The molecular formula is C14H20N4O. The number of anilines is 1. The summed E-state index contributed by atoms with van der Waals surface area (Å²) in [5, 5.41) is 11.8. The van der Waals surface area contributed by atoms with Gasteiger partial charge in [0.1, 0.15) is 5.82 Å². The third-order valence-electron chi connectivity index (χ3n) is 2.93. The van der Waals surface area contributed by atoms with E-state index in [4.69, 9.17) is 5.26 Å². The van der Waals surface area contributed by atoms with Crippen molar-refractivity contribution >= 4 is 11.7 Å². The van der Waals surface area contributed by atoms with Crippen LogP contribution < -0.4 is 5.32 Å². The fraction of sp³-hybridized carbons (Fsp3) is 0.500. The van der Waals surface area contributed by atoms with E-state index in [9.17, 15) is 4.79 Å². The molecule has 1 amide bonds. The molecule has 1 heterocycles. The molecule has 0 aromatic carbocycles.